The van der Waals surface area contributed by atoms with Gasteiger partial charge in [0.15, 0.2) is 12.4 Å². The van der Waals surface area contributed by atoms with Crippen molar-refractivity contribution in [3.05, 3.63) is 70.7 Å². The second-order valence-corrected chi connectivity index (χ2v) is 5.19. The molecule has 0 fully saturated rings. The van der Waals surface area contributed by atoms with Gasteiger partial charge in [0.25, 0.3) is 0 Å². The molecule has 0 atom stereocenters. The standard InChI is InChI=1S/C16H11Cl2NO2/c17-12-6-7-14(13(18)8-12)20-10-16-19-9-15(21-16)11-4-2-1-3-5-11/h1-9H,10H2. The molecule has 1 aromatic heterocycles. The summed E-state index contributed by atoms with van der Waals surface area (Å²) in [5.74, 6) is 1.73. The van der Waals surface area contributed by atoms with Crippen molar-refractivity contribution in [3.8, 4) is 17.1 Å². The van der Waals surface area contributed by atoms with Crippen LogP contribution in [0.3, 0.4) is 0 Å². The van der Waals surface area contributed by atoms with Gasteiger partial charge in [-0.05, 0) is 18.2 Å². The maximum absolute atomic E-state index is 6.04. The van der Waals surface area contributed by atoms with Crippen LogP contribution in [0.1, 0.15) is 5.89 Å². The molecule has 3 nitrogen and oxygen atoms in total. The summed E-state index contributed by atoms with van der Waals surface area (Å²) in [6.07, 6.45) is 1.68. The normalized spacial score (nSPS) is 10.6. The number of aromatic nitrogens is 1. The Morgan fingerprint density at radius 2 is 1.86 bits per heavy atom. The molecule has 1 heterocycles. The molecule has 0 radical (unpaired) electrons. The van der Waals surface area contributed by atoms with Gasteiger partial charge in [-0.25, -0.2) is 4.98 Å². The first-order valence-electron chi connectivity index (χ1n) is 6.30. The van der Waals surface area contributed by atoms with E-state index in [1.54, 1.807) is 24.4 Å². The highest BCUT2D eigenvalue weighted by molar-refractivity contribution is 6.35. The van der Waals surface area contributed by atoms with Crippen LogP contribution in [0.5, 0.6) is 5.75 Å². The fraction of sp³-hybridized carbons (Fsp3) is 0.0625. The molecule has 0 unspecified atom stereocenters. The number of halogens is 2. The Labute approximate surface area is 132 Å². The molecular weight excluding hydrogens is 309 g/mol. The van der Waals surface area contributed by atoms with Crippen LogP contribution in [0.15, 0.2) is 59.1 Å². The van der Waals surface area contributed by atoms with E-state index in [1.165, 1.54) is 0 Å². The second kappa shape index (κ2) is 6.20. The van der Waals surface area contributed by atoms with Crippen molar-refractivity contribution in [1.29, 1.82) is 0 Å². The Bertz CT molecular complexity index is 741. The molecule has 0 saturated carbocycles. The van der Waals surface area contributed by atoms with Gasteiger partial charge < -0.3 is 9.15 Å². The zero-order chi connectivity index (χ0) is 14.7. The van der Waals surface area contributed by atoms with E-state index < -0.39 is 0 Å². The zero-order valence-corrected chi connectivity index (χ0v) is 12.4. The average molecular weight is 320 g/mol. The quantitative estimate of drug-likeness (QED) is 0.660. The molecule has 3 rings (SSSR count). The Morgan fingerprint density at radius 3 is 2.62 bits per heavy atom. The lowest BCUT2D eigenvalue weighted by Crippen LogP contribution is -1.95. The molecule has 0 spiro atoms. The third-order valence-electron chi connectivity index (χ3n) is 2.86. The second-order valence-electron chi connectivity index (χ2n) is 4.35. The fourth-order valence-corrected chi connectivity index (χ4v) is 2.31. The number of hydrogen-bond acceptors (Lipinski definition) is 3. The van der Waals surface area contributed by atoms with E-state index in [0.29, 0.717) is 27.4 Å². The van der Waals surface area contributed by atoms with Crippen molar-refractivity contribution >= 4 is 23.2 Å². The molecule has 0 saturated heterocycles. The predicted octanol–water partition coefficient (Wildman–Crippen LogP) is 5.23. The van der Waals surface area contributed by atoms with Gasteiger partial charge in [0, 0.05) is 10.6 Å². The molecule has 5 heteroatoms. The summed E-state index contributed by atoms with van der Waals surface area (Å²) in [6, 6.07) is 14.8. The lowest BCUT2D eigenvalue weighted by atomic mass is 10.2. The SMILES string of the molecule is Clc1ccc(OCc2ncc(-c3ccccc3)o2)c(Cl)c1. The van der Waals surface area contributed by atoms with E-state index >= 15 is 0 Å². The van der Waals surface area contributed by atoms with Crippen molar-refractivity contribution < 1.29 is 9.15 Å². The molecule has 106 valence electrons. The van der Waals surface area contributed by atoms with Gasteiger partial charge in [0.2, 0.25) is 5.89 Å². The van der Waals surface area contributed by atoms with Crippen LogP contribution in [0.2, 0.25) is 10.0 Å². The van der Waals surface area contributed by atoms with E-state index in [0.717, 1.165) is 5.56 Å². The van der Waals surface area contributed by atoms with Crippen LogP contribution in [-0.2, 0) is 6.61 Å². The van der Waals surface area contributed by atoms with Gasteiger partial charge in [-0.1, -0.05) is 53.5 Å². The number of hydrogen-bond donors (Lipinski definition) is 0. The van der Waals surface area contributed by atoms with Crippen LogP contribution in [0.25, 0.3) is 11.3 Å². The van der Waals surface area contributed by atoms with Crippen molar-refractivity contribution in [2.24, 2.45) is 0 Å². The summed E-state index contributed by atoms with van der Waals surface area (Å²) in [5.41, 5.74) is 0.973. The van der Waals surface area contributed by atoms with E-state index in [9.17, 15) is 0 Å². The van der Waals surface area contributed by atoms with Gasteiger partial charge in [-0.2, -0.15) is 0 Å². The first-order chi connectivity index (χ1) is 10.2. The van der Waals surface area contributed by atoms with Crippen molar-refractivity contribution in [1.82, 2.24) is 4.98 Å². The summed E-state index contributed by atoms with van der Waals surface area (Å²) >= 11 is 11.9. The molecule has 0 bridgehead atoms. The van der Waals surface area contributed by atoms with Crippen LogP contribution < -0.4 is 4.74 Å². The maximum atomic E-state index is 6.04. The summed E-state index contributed by atoms with van der Waals surface area (Å²) in [4.78, 5) is 4.19. The third kappa shape index (κ3) is 3.38. The lowest BCUT2D eigenvalue weighted by molar-refractivity contribution is 0.265. The van der Waals surface area contributed by atoms with E-state index in [4.69, 9.17) is 32.4 Å². The molecule has 0 aliphatic heterocycles. The minimum Gasteiger partial charge on any atom is -0.482 e. The number of benzene rings is 2. The molecule has 0 amide bonds. The third-order valence-corrected chi connectivity index (χ3v) is 3.39. The Balaban J connectivity index is 1.70. The smallest absolute Gasteiger partial charge is 0.232 e. The first kappa shape index (κ1) is 14.0. The highest BCUT2D eigenvalue weighted by Gasteiger charge is 2.08. The molecule has 3 aromatic rings. The maximum Gasteiger partial charge on any atom is 0.232 e. The molecule has 0 aliphatic rings. The van der Waals surface area contributed by atoms with E-state index in [-0.39, 0.29) is 6.61 Å². The minimum atomic E-state index is 0.203. The topological polar surface area (TPSA) is 35.3 Å². The monoisotopic (exact) mass is 319 g/mol. The molecule has 2 aromatic carbocycles. The van der Waals surface area contributed by atoms with Crippen molar-refractivity contribution in [2.75, 3.05) is 0 Å². The van der Waals surface area contributed by atoms with Crippen LogP contribution in [0, 0.1) is 0 Å². The van der Waals surface area contributed by atoms with Gasteiger partial charge in [-0.3, -0.25) is 0 Å². The van der Waals surface area contributed by atoms with Gasteiger partial charge in [0.05, 0.1) is 11.2 Å². The lowest BCUT2D eigenvalue weighted by Gasteiger charge is -2.05. The number of rotatable bonds is 4. The summed E-state index contributed by atoms with van der Waals surface area (Å²) in [6.45, 7) is 0.203. The largest absolute Gasteiger partial charge is 0.482 e. The predicted molar refractivity (Wildman–Crippen MR) is 82.7 cm³/mol. The Kier molecular flexibility index (Phi) is 4.13. The number of nitrogens with zero attached hydrogens (tertiary/aromatic N) is 1. The van der Waals surface area contributed by atoms with E-state index in [1.807, 2.05) is 30.3 Å². The fourth-order valence-electron chi connectivity index (χ4n) is 1.84. The van der Waals surface area contributed by atoms with Crippen LogP contribution in [0.4, 0.5) is 0 Å². The molecule has 21 heavy (non-hydrogen) atoms. The van der Waals surface area contributed by atoms with E-state index in [2.05, 4.69) is 4.98 Å². The number of ether oxygens (including phenoxy) is 1. The number of oxazole rings is 1. The Hall–Kier alpha value is -1.97. The Morgan fingerprint density at radius 1 is 1.05 bits per heavy atom. The van der Waals surface area contributed by atoms with Crippen molar-refractivity contribution in [2.45, 2.75) is 6.61 Å². The molecule has 0 aliphatic carbocycles. The van der Waals surface area contributed by atoms with Crippen LogP contribution in [-0.4, -0.2) is 4.98 Å². The highest BCUT2D eigenvalue weighted by atomic mass is 35.5. The minimum absolute atomic E-state index is 0.203. The van der Waals surface area contributed by atoms with Crippen LogP contribution >= 0.6 is 23.2 Å². The summed E-state index contributed by atoms with van der Waals surface area (Å²) < 4.78 is 11.2. The summed E-state index contributed by atoms with van der Waals surface area (Å²) in [5, 5.41) is 1.02. The molecule has 0 N–H and O–H groups in total. The first-order valence-corrected chi connectivity index (χ1v) is 7.06. The van der Waals surface area contributed by atoms with Crippen molar-refractivity contribution in [3.63, 3.8) is 0 Å². The molecular formula is C16H11Cl2NO2. The summed E-state index contributed by atoms with van der Waals surface area (Å²) in [7, 11) is 0. The van der Waals surface area contributed by atoms with Gasteiger partial charge in [0.1, 0.15) is 5.75 Å². The highest BCUT2D eigenvalue weighted by Crippen LogP contribution is 2.28. The van der Waals surface area contributed by atoms with Gasteiger partial charge in [-0.15, -0.1) is 0 Å². The average Bonchev–Trinajstić information content (AvgIpc) is 2.96. The zero-order valence-electron chi connectivity index (χ0n) is 10.9. The van der Waals surface area contributed by atoms with Gasteiger partial charge >= 0.3 is 0 Å².